The van der Waals surface area contributed by atoms with Crippen molar-refractivity contribution in [1.29, 1.82) is 5.00 Å². The summed E-state index contributed by atoms with van der Waals surface area (Å²) in [4.78, 5) is 0. The van der Waals surface area contributed by atoms with E-state index < -0.39 is 14.9 Å². The van der Waals surface area contributed by atoms with E-state index in [2.05, 4.69) is 4.74 Å². The number of rotatable bonds is 5. The van der Waals surface area contributed by atoms with Gasteiger partial charge in [-0.25, -0.2) is 5.00 Å². The van der Waals surface area contributed by atoms with Crippen molar-refractivity contribution in [3.8, 4) is 0 Å². The van der Waals surface area contributed by atoms with E-state index in [1.165, 1.54) is 0 Å². The van der Waals surface area contributed by atoms with Crippen molar-refractivity contribution in [1.82, 2.24) is 0 Å². The van der Waals surface area contributed by atoms with E-state index in [1.807, 2.05) is 0 Å². The van der Waals surface area contributed by atoms with Gasteiger partial charge in [-0.15, -0.1) is 5.50 Å². The number of hydrogen-bond acceptors (Lipinski definition) is 6. The van der Waals surface area contributed by atoms with Gasteiger partial charge in [0, 0.05) is 0 Å². The molecule has 82 valence electrons. The summed E-state index contributed by atoms with van der Waals surface area (Å²) in [6.07, 6.45) is 0. The lowest BCUT2D eigenvalue weighted by Gasteiger charge is -2.12. The summed E-state index contributed by atoms with van der Waals surface area (Å²) in [6.45, 7) is 0. The molecule has 0 heterocycles. The molecule has 0 aromatic heterocycles. The molecule has 0 rings (SSSR count). The average Bonchev–Trinajstić information content (AvgIpc) is 2.11. The summed E-state index contributed by atoms with van der Waals surface area (Å²) in [7, 11) is -2.31. The highest BCUT2D eigenvalue weighted by atomic mass is 32.4. The van der Waals surface area contributed by atoms with Gasteiger partial charge in [-0.3, -0.25) is 5.50 Å². The minimum absolute atomic E-state index is 0.0820. The van der Waals surface area contributed by atoms with Crippen LogP contribution in [0.4, 0.5) is 0 Å². The van der Waals surface area contributed by atoms with Crippen molar-refractivity contribution < 1.29 is 0 Å². The molecule has 0 spiro atoms. The Morgan fingerprint density at radius 2 is 1.93 bits per heavy atom. The van der Waals surface area contributed by atoms with Crippen LogP contribution in [0.5, 0.6) is 0 Å². The van der Waals surface area contributed by atoms with Crippen LogP contribution in [-0.4, -0.2) is 11.6 Å². The van der Waals surface area contributed by atoms with Crippen molar-refractivity contribution in [2.45, 2.75) is 11.6 Å². The highest BCUT2D eigenvalue weighted by molar-refractivity contribution is 8.45. The lowest BCUT2D eigenvalue weighted by molar-refractivity contribution is 0.853. The third kappa shape index (κ3) is 6.64. The molecule has 14 heavy (non-hydrogen) atoms. The van der Waals surface area contributed by atoms with Gasteiger partial charge in [0.1, 0.15) is 5.78 Å². The van der Waals surface area contributed by atoms with E-state index >= 15 is 0 Å². The first-order valence-electron chi connectivity index (χ1n) is 3.44. The Hall–Kier alpha value is 1.20. The summed E-state index contributed by atoms with van der Waals surface area (Å²) in [5.41, 5.74) is 27.5. The van der Waals surface area contributed by atoms with Crippen molar-refractivity contribution in [2.24, 2.45) is 32.5 Å². The number of nitrogens with zero attached hydrogens (tertiary/aromatic N) is 2. The molecule has 0 bridgehead atoms. The van der Waals surface area contributed by atoms with E-state index in [9.17, 15) is 0 Å². The van der Waals surface area contributed by atoms with E-state index in [4.69, 9.17) is 32.8 Å². The maximum Gasteiger partial charge on any atom is 0.317 e. The fourth-order valence-corrected chi connectivity index (χ4v) is 6.90. The van der Waals surface area contributed by atoms with Crippen LogP contribution in [0.2, 0.25) is 0 Å². The molecule has 0 amide bonds. The van der Waals surface area contributed by atoms with Crippen molar-refractivity contribution in [2.75, 3.05) is 0 Å². The Labute approximate surface area is 89.8 Å². The molecule has 10 N–H and O–H groups in total. The summed E-state index contributed by atoms with van der Waals surface area (Å²) in [6, 6.07) is 0. The predicted octanol–water partition coefficient (Wildman–Crippen LogP) is 0.584. The topological polar surface area (TPSA) is 166 Å². The summed E-state index contributed by atoms with van der Waals surface area (Å²) in [5.74, 6) is -0.434. The van der Waals surface area contributed by atoms with Gasteiger partial charge in [-0.1, -0.05) is 4.74 Å². The average molecular weight is 292 g/mol. The normalized spacial score (nSPS) is 20.3. The van der Waals surface area contributed by atoms with Crippen LogP contribution in [0.25, 0.3) is 0 Å². The quantitative estimate of drug-likeness (QED) is 0.464. The molecule has 0 saturated heterocycles. The lowest BCUT2D eigenvalue weighted by atomic mass is 10.7. The number of nitrogens with two attached hydrogens (primary N) is 5. The highest BCUT2D eigenvalue weighted by Crippen LogP contribution is 2.55. The molecule has 7 atom stereocenters. The van der Waals surface area contributed by atoms with Gasteiger partial charge in [-0.05, 0) is 17.5 Å². The van der Waals surface area contributed by atoms with Crippen LogP contribution in [0.15, 0.2) is 4.74 Å². The Morgan fingerprint density at radius 1 is 1.36 bits per heavy atom. The van der Waals surface area contributed by atoms with E-state index in [0.29, 0.717) is 0 Å². The zero-order chi connectivity index (χ0) is 11.1. The molecule has 0 aliphatic carbocycles. The highest BCUT2D eigenvalue weighted by Gasteiger charge is 2.20. The van der Waals surface area contributed by atoms with Crippen LogP contribution in [-0.2, 0) is 0 Å². The first-order chi connectivity index (χ1) is 6.51. The zero-order valence-electron chi connectivity index (χ0n) is 7.33. The molecular weight excluding hydrogens is 277 g/mol. The first-order valence-corrected chi connectivity index (χ1v) is 11.2. The Bertz CT molecular complexity index is 257. The summed E-state index contributed by atoms with van der Waals surface area (Å²) >= 11 is 0. The molecule has 0 radical (unpaired) electrons. The van der Waals surface area contributed by atoms with Gasteiger partial charge in [0.15, 0.2) is 7.40 Å². The van der Waals surface area contributed by atoms with Crippen LogP contribution in [0, 0.1) is 5.00 Å². The van der Waals surface area contributed by atoms with E-state index in [-0.39, 0.29) is 37.0 Å². The van der Waals surface area contributed by atoms with Crippen molar-refractivity contribution in [3.05, 3.63) is 0 Å². The van der Waals surface area contributed by atoms with Gasteiger partial charge < -0.3 is 16.7 Å². The third-order valence-corrected chi connectivity index (χ3v) is 9.41. The maximum absolute atomic E-state index is 8.95. The number of hydrogen-bond donors (Lipinski definition) is 5. The minimum Gasteiger partial charge on any atom is -0.321 e. The van der Waals surface area contributed by atoms with Gasteiger partial charge >= 0.3 is 7.55 Å². The van der Waals surface area contributed by atoms with Crippen LogP contribution >= 0.6 is 40.4 Å². The molecule has 12 heteroatoms. The van der Waals surface area contributed by atoms with Crippen molar-refractivity contribution in [3.63, 3.8) is 0 Å². The van der Waals surface area contributed by atoms with Gasteiger partial charge in [-0.2, -0.15) is 0 Å². The van der Waals surface area contributed by atoms with Crippen LogP contribution < -0.4 is 27.8 Å². The van der Waals surface area contributed by atoms with Gasteiger partial charge in [0.25, 0.3) is 0 Å². The SMILES string of the molecule is N#P(N)P[P+](N)=NC(PN)C(N)PN. The van der Waals surface area contributed by atoms with Gasteiger partial charge in [0.05, 0.1) is 5.78 Å². The van der Waals surface area contributed by atoms with Crippen LogP contribution in [0.1, 0.15) is 0 Å². The Kier molecular flexibility index (Phi) is 9.08. The maximum atomic E-state index is 8.95. The predicted molar refractivity (Wildman–Crippen MR) is 71.5 cm³/mol. The van der Waals surface area contributed by atoms with E-state index in [1.54, 1.807) is 0 Å². The van der Waals surface area contributed by atoms with Crippen molar-refractivity contribution >= 4 is 40.4 Å². The molecule has 0 aromatic rings. The largest absolute Gasteiger partial charge is 0.321 e. The second-order valence-corrected chi connectivity index (χ2v) is 11.1. The fraction of sp³-hybridized carbons (Fsp3) is 1.00. The standard InChI is InChI=1S/C2H15N7P5/c3-1(10-4)2(11-5)9-14(8)12-13(6)7/h1-2,10-12H,3-6H2,(H2,8,9)/q+1. The molecule has 0 aromatic carbocycles. The second-order valence-electron chi connectivity index (χ2n) is 2.21. The molecule has 0 fully saturated rings. The third-order valence-electron chi connectivity index (χ3n) is 1.16. The second kappa shape index (κ2) is 8.36. The van der Waals surface area contributed by atoms with Crippen LogP contribution in [0.3, 0.4) is 0 Å². The zero-order valence-corrected chi connectivity index (χ0v) is 12.1. The summed E-state index contributed by atoms with van der Waals surface area (Å²) in [5, 5.41) is 8.95. The smallest absolute Gasteiger partial charge is 0.317 e. The fourth-order valence-electron chi connectivity index (χ4n) is 0.565. The molecule has 0 aliphatic rings. The van der Waals surface area contributed by atoms with Gasteiger partial charge in [0.2, 0.25) is 7.96 Å². The molecular formula is C2H15N7P5+. The summed E-state index contributed by atoms with van der Waals surface area (Å²) < 4.78 is 4.23. The molecule has 0 saturated carbocycles. The molecule has 7 unspecified atom stereocenters. The Balaban J connectivity index is 4.35. The monoisotopic (exact) mass is 292 g/mol. The molecule has 0 aliphatic heterocycles. The first kappa shape index (κ1) is 15.2. The minimum atomic E-state index is -1.47. The lowest BCUT2D eigenvalue weighted by Crippen LogP contribution is -2.27. The Morgan fingerprint density at radius 3 is 2.29 bits per heavy atom. The molecule has 7 nitrogen and oxygen atoms in total. The van der Waals surface area contributed by atoms with E-state index in [0.717, 1.165) is 0 Å².